The van der Waals surface area contributed by atoms with Gasteiger partial charge in [0.25, 0.3) is 11.8 Å². The molecule has 2 amide bonds. The van der Waals surface area contributed by atoms with E-state index in [1.807, 2.05) is 0 Å². The van der Waals surface area contributed by atoms with Crippen molar-refractivity contribution < 1.29 is 24.2 Å². The molecule has 1 aromatic rings. The van der Waals surface area contributed by atoms with Crippen LogP contribution in [0.5, 0.6) is 0 Å². The van der Waals surface area contributed by atoms with Crippen molar-refractivity contribution in [3.63, 3.8) is 0 Å². The molecule has 1 heterocycles. The van der Waals surface area contributed by atoms with Gasteiger partial charge in [-0.05, 0) is 45.0 Å². The van der Waals surface area contributed by atoms with E-state index in [-0.39, 0.29) is 18.8 Å². The van der Waals surface area contributed by atoms with E-state index in [0.29, 0.717) is 11.3 Å². The van der Waals surface area contributed by atoms with Gasteiger partial charge in [-0.3, -0.25) is 14.5 Å². The van der Waals surface area contributed by atoms with Crippen LogP contribution in [-0.4, -0.2) is 46.5 Å². The number of aliphatic hydroxyl groups excluding tert-OH is 1. The molecule has 1 aromatic carbocycles. The molecule has 1 aliphatic rings. The van der Waals surface area contributed by atoms with Gasteiger partial charge in [-0.15, -0.1) is 0 Å². The van der Waals surface area contributed by atoms with E-state index >= 15 is 0 Å². The van der Waals surface area contributed by atoms with Crippen molar-refractivity contribution in [3.05, 3.63) is 41.6 Å². The topological polar surface area (TPSA) is 95.9 Å². The molecule has 0 unspecified atom stereocenters. The summed E-state index contributed by atoms with van der Waals surface area (Å²) in [6, 6.07) is 6.38. The fraction of sp³-hybridized carbons (Fsp3) is 0.353. The third-order valence-electron chi connectivity index (χ3n) is 3.13. The van der Waals surface area contributed by atoms with Gasteiger partial charge < -0.3 is 15.2 Å². The number of hydrogen-bond donors (Lipinski definition) is 2. The molecule has 128 valence electrons. The highest BCUT2D eigenvalue weighted by atomic mass is 16.6. The number of carbonyl (C=O) groups is 3. The van der Waals surface area contributed by atoms with Gasteiger partial charge in [0.05, 0.1) is 18.7 Å². The van der Waals surface area contributed by atoms with Crippen molar-refractivity contribution in [3.8, 4) is 0 Å². The fourth-order valence-corrected chi connectivity index (χ4v) is 2.09. The van der Waals surface area contributed by atoms with Crippen LogP contribution in [0.15, 0.2) is 36.0 Å². The summed E-state index contributed by atoms with van der Waals surface area (Å²) in [5.74, 6) is -1.40. The summed E-state index contributed by atoms with van der Waals surface area (Å²) in [6.07, 6.45) is 1.18. The van der Waals surface area contributed by atoms with E-state index in [9.17, 15) is 14.4 Å². The van der Waals surface area contributed by atoms with Crippen molar-refractivity contribution in [1.29, 1.82) is 0 Å². The Bertz CT molecular complexity index is 686. The smallest absolute Gasteiger partial charge is 0.338 e. The average molecular weight is 332 g/mol. The van der Waals surface area contributed by atoms with Crippen LogP contribution in [0.25, 0.3) is 0 Å². The van der Waals surface area contributed by atoms with Gasteiger partial charge in [0.1, 0.15) is 11.3 Å². The third kappa shape index (κ3) is 4.20. The summed E-state index contributed by atoms with van der Waals surface area (Å²) >= 11 is 0. The van der Waals surface area contributed by atoms with Crippen LogP contribution in [0.4, 0.5) is 5.69 Å². The molecule has 7 heteroatoms. The Morgan fingerprint density at radius 1 is 1.21 bits per heavy atom. The Morgan fingerprint density at radius 3 is 2.38 bits per heavy atom. The normalized spacial score (nSPS) is 14.7. The second kappa shape index (κ2) is 6.84. The summed E-state index contributed by atoms with van der Waals surface area (Å²) in [6.45, 7) is 5.02. The lowest BCUT2D eigenvalue weighted by Gasteiger charge is -2.19. The molecular formula is C17H20N2O5. The number of imide groups is 1. The summed E-state index contributed by atoms with van der Waals surface area (Å²) in [7, 11) is 0. The molecule has 0 atom stereocenters. The van der Waals surface area contributed by atoms with Gasteiger partial charge in [0.2, 0.25) is 0 Å². The monoisotopic (exact) mass is 332 g/mol. The lowest BCUT2D eigenvalue weighted by atomic mass is 10.1. The van der Waals surface area contributed by atoms with Crippen LogP contribution in [-0.2, 0) is 14.3 Å². The lowest BCUT2D eigenvalue weighted by Crippen LogP contribution is -2.34. The summed E-state index contributed by atoms with van der Waals surface area (Å²) in [5, 5.41) is 11.7. The first-order chi connectivity index (χ1) is 11.2. The van der Waals surface area contributed by atoms with Crippen LogP contribution in [0.1, 0.15) is 31.1 Å². The molecule has 7 nitrogen and oxygen atoms in total. The molecule has 2 N–H and O–H groups in total. The first kappa shape index (κ1) is 17.7. The van der Waals surface area contributed by atoms with Gasteiger partial charge in [-0.2, -0.15) is 0 Å². The van der Waals surface area contributed by atoms with Crippen LogP contribution in [0.3, 0.4) is 0 Å². The molecule has 1 aliphatic heterocycles. The molecule has 0 aromatic heterocycles. The number of amides is 2. The number of anilines is 1. The number of β-amino-alcohol motifs (C(OH)–C–C–N with tert-alkyl or cyclic N) is 1. The fourth-order valence-electron chi connectivity index (χ4n) is 2.09. The van der Waals surface area contributed by atoms with Gasteiger partial charge >= 0.3 is 5.97 Å². The number of nitrogens with zero attached hydrogens (tertiary/aromatic N) is 1. The molecule has 0 saturated heterocycles. The Hall–Kier alpha value is -2.67. The molecule has 2 rings (SSSR count). The quantitative estimate of drug-likeness (QED) is 0.623. The van der Waals surface area contributed by atoms with Gasteiger partial charge in [-0.25, -0.2) is 4.79 Å². The van der Waals surface area contributed by atoms with E-state index in [2.05, 4.69) is 5.32 Å². The maximum atomic E-state index is 12.0. The maximum Gasteiger partial charge on any atom is 0.338 e. The van der Waals surface area contributed by atoms with E-state index < -0.39 is 23.4 Å². The highest BCUT2D eigenvalue weighted by Gasteiger charge is 2.30. The number of ether oxygens (including phenoxy) is 1. The predicted octanol–water partition coefficient (Wildman–Crippen LogP) is 1.30. The third-order valence-corrected chi connectivity index (χ3v) is 3.13. The zero-order valence-corrected chi connectivity index (χ0v) is 13.8. The standard InChI is InChI=1S/C17H20N2O5/c1-17(2,3)24-16(23)11-4-6-12(7-5-11)18-13-10-14(21)19(8-9-20)15(13)22/h4-7,10,18,20H,8-9H2,1-3H3. The number of benzene rings is 1. The number of aliphatic hydroxyl groups is 1. The van der Waals surface area contributed by atoms with Gasteiger partial charge in [0.15, 0.2) is 0 Å². The zero-order valence-electron chi connectivity index (χ0n) is 13.8. The molecule has 0 radical (unpaired) electrons. The second-order valence-electron chi connectivity index (χ2n) is 6.28. The Labute approximate surface area is 139 Å². The maximum absolute atomic E-state index is 12.0. The minimum Gasteiger partial charge on any atom is -0.456 e. The van der Waals surface area contributed by atoms with Gasteiger partial charge in [0, 0.05) is 11.8 Å². The summed E-state index contributed by atoms with van der Waals surface area (Å²) in [5.41, 5.74) is 0.491. The molecular weight excluding hydrogens is 312 g/mol. The first-order valence-corrected chi connectivity index (χ1v) is 7.50. The highest BCUT2D eigenvalue weighted by Crippen LogP contribution is 2.19. The van der Waals surface area contributed by atoms with Crippen molar-refractivity contribution >= 4 is 23.5 Å². The minimum absolute atomic E-state index is 0.0447. The van der Waals surface area contributed by atoms with Crippen molar-refractivity contribution in [2.24, 2.45) is 0 Å². The van der Waals surface area contributed by atoms with Crippen molar-refractivity contribution in [2.75, 3.05) is 18.5 Å². The minimum atomic E-state index is -0.578. The number of esters is 1. The molecule has 0 aliphatic carbocycles. The molecule has 0 bridgehead atoms. The largest absolute Gasteiger partial charge is 0.456 e. The molecule has 0 saturated carbocycles. The second-order valence-corrected chi connectivity index (χ2v) is 6.28. The van der Waals surface area contributed by atoms with Crippen LogP contribution >= 0.6 is 0 Å². The summed E-state index contributed by atoms with van der Waals surface area (Å²) in [4.78, 5) is 36.6. The van der Waals surface area contributed by atoms with E-state index in [0.717, 1.165) is 4.90 Å². The van der Waals surface area contributed by atoms with Crippen molar-refractivity contribution in [1.82, 2.24) is 4.90 Å². The highest BCUT2D eigenvalue weighted by molar-refractivity contribution is 6.17. The Morgan fingerprint density at radius 2 is 1.83 bits per heavy atom. The number of hydrogen-bond acceptors (Lipinski definition) is 6. The van der Waals surface area contributed by atoms with E-state index in [1.165, 1.54) is 6.08 Å². The number of rotatable bonds is 5. The van der Waals surface area contributed by atoms with Crippen LogP contribution in [0, 0.1) is 0 Å². The van der Waals surface area contributed by atoms with E-state index in [4.69, 9.17) is 9.84 Å². The molecule has 24 heavy (non-hydrogen) atoms. The van der Waals surface area contributed by atoms with Crippen LogP contribution in [0.2, 0.25) is 0 Å². The predicted molar refractivity (Wildman–Crippen MR) is 87.1 cm³/mol. The Kier molecular flexibility index (Phi) is 5.04. The van der Waals surface area contributed by atoms with E-state index in [1.54, 1.807) is 45.0 Å². The number of nitrogens with one attached hydrogen (secondary N) is 1. The molecule has 0 spiro atoms. The van der Waals surface area contributed by atoms with Crippen molar-refractivity contribution in [2.45, 2.75) is 26.4 Å². The Balaban J connectivity index is 2.05. The van der Waals surface area contributed by atoms with Crippen LogP contribution < -0.4 is 5.32 Å². The summed E-state index contributed by atoms with van der Waals surface area (Å²) < 4.78 is 5.27. The SMILES string of the molecule is CC(C)(C)OC(=O)c1ccc(NC2=CC(=O)N(CCO)C2=O)cc1. The average Bonchev–Trinajstić information content (AvgIpc) is 2.74. The zero-order chi connectivity index (χ0) is 17.9. The van der Waals surface area contributed by atoms with Gasteiger partial charge in [-0.1, -0.05) is 0 Å². The lowest BCUT2D eigenvalue weighted by molar-refractivity contribution is -0.137. The number of carbonyl (C=O) groups excluding carboxylic acids is 3. The first-order valence-electron chi connectivity index (χ1n) is 7.50. The molecule has 0 fully saturated rings.